The lowest BCUT2D eigenvalue weighted by atomic mass is 9.88. The van der Waals surface area contributed by atoms with Crippen LogP contribution in [-0.4, -0.2) is 47.9 Å². The smallest absolute Gasteiger partial charge is 0.276 e. The van der Waals surface area contributed by atoms with E-state index in [0.717, 1.165) is 55.6 Å². The Morgan fingerprint density at radius 2 is 1.40 bits per heavy atom. The first-order valence-corrected chi connectivity index (χ1v) is 14.2. The van der Waals surface area contributed by atoms with Crippen LogP contribution in [0.4, 0.5) is 11.4 Å². The number of rotatable bonds is 6. The summed E-state index contributed by atoms with van der Waals surface area (Å²) in [4.78, 5) is 35.4. The molecule has 2 fully saturated rings. The van der Waals surface area contributed by atoms with E-state index < -0.39 is 0 Å². The lowest BCUT2D eigenvalue weighted by Gasteiger charge is -2.35. The van der Waals surface area contributed by atoms with Crippen LogP contribution < -0.4 is 10.2 Å². The van der Waals surface area contributed by atoms with Gasteiger partial charge in [0.2, 0.25) is 11.8 Å². The van der Waals surface area contributed by atoms with Gasteiger partial charge in [0.1, 0.15) is 0 Å². The predicted octanol–water partition coefficient (Wildman–Crippen LogP) is 6.49. The molecule has 1 aliphatic heterocycles. The average molecular weight is 535 g/mol. The van der Waals surface area contributed by atoms with Crippen molar-refractivity contribution in [1.82, 2.24) is 9.88 Å². The summed E-state index contributed by atoms with van der Waals surface area (Å²) < 4.78 is 6.25. The van der Waals surface area contributed by atoms with Crippen molar-refractivity contribution in [2.45, 2.75) is 32.1 Å². The third-order valence-electron chi connectivity index (χ3n) is 7.93. The fourth-order valence-electron chi connectivity index (χ4n) is 5.64. The van der Waals surface area contributed by atoms with Crippen LogP contribution in [0.15, 0.2) is 89.3 Å². The van der Waals surface area contributed by atoms with Crippen molar-refractivity contribution in [3.63, 3.8) is 0 Å². The van der Waals surface area contributed by atoms with E-state index in [4.69, 9.17) is 9.40 Å². The predicted molar refractivity (Wildman–Crippen MR) is 157 cm³/mol. The van der Waals surface area contributed by atoms with Gasteiger partial charge in [-0.2, -0.15) is 0 Å². The highest BCUT2D eigenvalue weighted by Crippen LogP contribution is 2.32. The van der Waals surface area contributed by atoms with E-state index in [2.05, 4.69) is 22.3 Å². The van der Waals surface area contributed by atoms with Crippen molar-refractivity contribution < 1.29 is 14.0 Å². The van der Waals surface area contributed by atoms with Gasteiger partial charge in [-0.15, -0.1) is 0 Å². The summed E-state index contributed by atoms with van der Waals surface area (Å²) in [5, 5.41) is 3.06. The number of anilines is 2. The standard InChI is InChI=1S/C33H34N4O3/c38-31(25-10-4-1-5-11-25)34-27-18-16-24(17-19-27)30-29(35-32(40-30)26-12-6-2-7-13-26)33(39)37-22-20-36(21-23-37)28-14-8-3-9-15-28/h2-3,6-9,12-19,25H,1,4-5,10-11,20-23H2,(H,34,38). The van der Waals surface area contributed by atoms with Gasteiger partial charge in [-0.1, -0.05) is 55.7 Å². The van der Waals surface area contributed by atoms with Gasteiger partial charge in [-0.25, -0.2) is 4.98 Å². The molecular formula is C33H34N4O3. The largest absolute Gasteiger partial charge is 0.435 e. The van der Waals surface area contributed by atoms with E-state index >= 15 is 0 Å². The number of para-hydroxylation sites is 1. The first kappa shape index (κ1) is 25.9. The van der Waals surface area contributed by atoms with E-state index in [1.165, 1.54) is 12.1 Å². The zero-order valence-electron chi connectivity index (χ0n) is 22.6. The Morgan fingerprint density at radius 3 is 2.08 bits per heavy atom. The third-order valence-corrected chi connectivity index (χ3v) is 7.93. The molecule has 4 aromatic rings. The Hall–Kier alpha value is -4.39. The number of amides is 2. The van der Waals surface area contributed by atoms with Crippen LogP contribution in [0.2, 0.25) is 0 Å². The highest BCUT2D eigenvalue weighted by molar-refractivity contribution is 5.99. The van der Waals surface area contributed by atoms with Crippen LogP contribution in [0, 0.1) is 5.92 Å². The first-order chi connectivity index (χ1) is 19.7. The van der Waals surface area contributed by atoms with Gasteiger partial charge in [0, 0.05) is 54.6 Å². The van der Waals surface area contributed by atoms with Crippen LogP contribution in [0.3, 0.4) is 0 Å². The Bertz CT molecular complexity index is 1440. The summed E-state index contributed by atoms with van der Waals surface area (Å²) in [6, 6.07) is 27.4. The number of oxazole rings is 1. The minimum absolute atomic E-state index is 0.0858. The molecule has 7 nitrogen and oxygen atoms in total. The minimum atomic E-state index is -0.136. The van der Waals surface area contributed by atoms with Gasteiger partial charge in [0.05, 0.1) is 0 Å². The maximum absolute atomic E-state index is 13.8. The Kier molecular flexibility index (Phi) is 7.62. The molecule has 2 heterocycles. The van der Waals surface area contributed by atoms with Crippen molar-refractivity contribution in [3.8, 4) is 22.8 Å². The van der Waals surface area contributed by atoms with E-state index in [1.54, 1.807) is 0 Å². The molecule has 0 unspecified atom stereocenters. The highest BCUT2D eigenvalue weighted by atomic mass is 16.4. The quantitative estimate of drug-likeness (QED) is 0.306. The van der Waals surface area contributed by atoms with Crippen LogP contribution in [0.1, 0.15) is 42.6 Å². The number of nitrogens with zero attached hydrogens (tertiary/aromatic N) is 3. The topological polar surface area (TPSA) is 78.7 Å². The molecule has 1 aromatic heterocycles. The molecule has 0 spiro atoms. The van der Waals surface area contributed by atoms with Crippen molar-refractivity contribution >= 4 is 23.2 Å². The molecule has 1 saturated heterocycles. The molecule has 0 atom stereocenters. The third kappa shape index (κ3) is 5.64. The molecule has 40 heavy (non-hydrogen) atoms. The SMILES string of the molecule is O=C(Nc1ccc(-c2oc(-c3ccccc3)nc2C(=O)N2CCN(c3ccccc3)CC2)cc1)C1CCCCC1. The molecule has 0 bridgehead atoms. The molecular weight excluding hydrogens is 500 g/mol. The summed E-state index contributed by atoms with van der Waals surface area (Å²) >= 11 is 0. The van der Waals surface area contributed by atoms with Gasteiger partial charge in [0.25, 0.3) is 5.91 Å². The van der Waals surface area contributed by atoms with Crippen molar-refractivity contribution in [1.29, 1.82) is 0 Å². The fourth-order valence-corrected chi connectivity index (χ4v) is 5.64. The minimum Gasteiger partial charge on any atom is -0.435 e. The van der Waals surface area contributed by atoms with E-state index in [-0.39, 0.29) is 17.7 Å². The van der Waals surface area contributed by atoms with Gasteiger partial charge in [0.15, 0.2) is 11.5 Å². The average Bonchev–Trinajstić information content (AvgIpc) is 3.48. The summed E-state index contributed by atoms with van der Waals surface area (Å²) in [6.45, 7) is 2.72. The maximum Gasteiger partial charge on any atom is 0.276 e. The number of piperazine rings is 1. The van der Waals surface area contributed by atoms with Gasteiger partial charge in [-0.3, -0.25) is 9.59 Å². The van der Waals surface area contributed by atoms with Crippen molar-refractivity contribution in [2.75, 3.05) is 36.4 Å². The molecule has 7 heteroatoms. The molecule has 1 N–H and O–H groups in total. The van der Waals surface area contributed by atoms with Gasteiger partial charge >= 0.3 is 0 Å². The summed E-state index contributed by atoms with van der Waals surface area (Å²) in [7, 11) is 0. The molecule has 204 valence electrons. The molecule has 2 amide bonds. The van der Waals surface area contributed by atoms with Crippen LogP contribution in [0.25, 0.3) is 22.8 Å². The Labute approximate surface area is 234 Å². The Morgan fingerprint density at radius 1 is 0.750 bits per heavy atom. The zero-order valence-corrected chi connectivity index (χ0v) is 22.6. The number of aromatic nitrogens is 1. The number of hydrogen-bond donors (Lipinski definition) is 1. The van der Waals surface area contributed by atoms with Gasteiger partial charge in [-0.05, 0) is 61.4 Å². The first-order valence-electron chi connectivity index (χ1n) is 14.2. The van der Waals surface area contributed by atoms with E-state index in [1.807, 2.05) is 77.7 Å². The molecule has 1 saturated carbocycles. The number of nitrogens with one attached hydrogen (secondary N) is 1. The summed E-state index contributed by atoms with van der Waals surface area (Å²) in [5.74, 6) is 0.895. The summed E-state index contributed by atoms with van der Waals surface area (Å²) in [5.41, 5.74) is 3.78. The number of benzene rings is 3. The number of carbonyl (C=O) groups is 2. The number of carbonyl (C=O) groups excluding carboxylic acids is 2. The molecule has 0 radical (unpaired) electrons. The van der Waals surface area contributed by atoms with E-state index in [9.17, 15) is 9.59 Å². The molecule has 1 aliphatic carbocycles. The second-order valence-corrected chi connectivity index (χ2v) is 10.6. The summed E-state index contributed by atoms with van der Waals surface area (Å²) in [6.07, 6.45) is 5.35. The fraction of sp³-hybridized carbons (Fsp3) is 0.303. The monoisotopic (exact) mass is 534 g/mol. The molecule has 2 aliphatic rings. The second-order valence-electron chi connectivity index (χ2n) is 10.6. The molecule has 6 rings (SSSR count). The Balaban J connectivity index is 1.23. The van der Waals surface area contributed by atoms with Crippen LogP contribution in [-0.2, 0) is 4.79 Å². The van der Waals surface area contributed by atoms with Crippen LogP contribution >= 0.6 is 0 Å². The van der Waals surface area contributed by atoms with Crippen LogP contribution in [0.5, 0.6) is 0 Å². The zero-order chi connectivity index (χ0) is 27.3. The lowest BCUT2D eigenvalue weighted by Crippen LogP contribution is -2.49. The lowest BCUT2D eigenvalue weighted by molar-refractivity contribution is -0.120. The molecule has 3 aromatic carbocycles. The van der Waals surface area contributed by atoms with E-state index in [0.29, 0.717) is 30.4 Å². The van der Waals surface area contributed by atoms with Crippen molar-refractivity contribution in [2.24, 2.45) is 5.92 Å². The number of hydrogen-bond acceptors (Lipinski definition) is 5. The second kappa shape index (κ2) is 11.8. The normalized spacial score (nSPS) is 16.1. The highest BCUT2D eigenvalue weighted by Gasteiger charge is 2.29. The van der Waals surface area contributed by atoms with Gasteiger partial charge < -0.3 is 19.5 Å². The van der Waals surface area contributed by atoms with Crippen molar-refractivity contribution in [3.05, 3.63) is 90.6 Å². The maximum atomic E-state index is 13.8.